The Morgan fingerprint density at radius 3 is 2.50 bits per heavy atom. The number of quaternary nitrogens is 1. The minimum atomic E-state index is -0.521. The van der Waals surface area contributed by atoms with E-state index in [4.69, 9.17) is 45.3 Å². The van der Waals surface area contributed by atoms with Crippen LogP contribution in [0, 0.1) is 5.82 Å². The largest absolute Gasteiger partial charge is 0.496 e. The van der Waals surface area contributed by atoms with Crippen LogP contribution in [0.25, 0.3) is 5.70 Å². The summed E-state index contributed by atoms with van der Waals surface area (Å²) in [6.07, 6.45) is 0. The Morgan fingerprint density at radius 2 is 1.94 bits per heavy atom. The number of nitrogens with two attached hydrogens (primary N) is 3. The summed E-state index contributed by atoms with van der Waals surface area (Å²) in [5.74, 6) is 5.83. The molecule has 1 aliphatic heterocycles. The molecule has 0 radical (unpaired) electrons. The smallest absolute Gasteiger partial charge is 0.163 e. The lowest BCUT2D eigenvalue weighted by atomic mass is 10.1. The molecule has 8 nitrogen and oxygen atoms in total. The molecule has 32 heavy (non-hydrogen) atoms. The summed E-state index contributed by atoms with van der Waals surface area (Å²) < 4.78 is 19.9. The van der Waals surface area contributed by atoms with E-state index in [-0.39, 0.29) is 11.3 Å². The van der Waals surface area contributed by atoms with Gasteiger partial charge in [0.2, 0.25) is 0 Å². The van der Waals surface area contributed by atoms with E-state index in [1.54, 1.807) is 31.3 Å². The van der Waals surface area contributed by atoms with Crippen LogP contribution in [0.3, 0.4) is 0 Å². The molecule has 0 aromatic heterocycles. The summed E-state index contributed by atoms with van der Waals surface area (Å²) in [5, 5.41) is 11.0. The summed E-state index contributed by atoms with van der Waals surface area (Å²) in [7, 11) is 3.06. The Labute approximate surface area is 196 Å². The number of piperazine rings is 1. The minimum absolute atomic E-state index is 0.108. The third-order valence-electron chi connectivity index (χ3n) is 5.30. The van der Waals surface area contributed by atoms with Crippen molar-refractivity contribution in [1.29, 1.82) is 0 Å². The number of ether oxygens (including phenoxy) is 1. The first-order valence-corrected chi connectivity index (χ1v) is 10.7. The summed E-state index contributed by atoms with van der Waals surface area (Å²) in [6.45, 7) is 2.52. The topological polar surface area (TPSA) is 108 Å². The molecule has 1 saturated heterocycles. The number of hydrogen-bond acceptors (Lipinski definition) is 7. The normalized spacial score (nSPS) is 14.8. The molecule has 1 heterocycles. The van der Waals surface area contributed by atoms with Crippen LogP contribution in [0.15, 0.2) is 42.1 Å². The highest BCUT2D eigenvalue weighted by Crippen LogP contribution is 2.31. The average Bonchev–Trinajstić information content (AvgIpc) is 2.78. The quantitative estimate of drug-likeness (QED) is 0.162. The molecule has 1 fully saturated rings. The predicted octanol–water partition coefficient (Wildman–Crippen LogP) is 1.65. The van der Waals surface area contributed by atoms with Crippen LogP contribution in [-0.4, -0.2) is 60.4 Å². The molecule has 1 aliphatic rings. The zero-order chi connectivity index (χ0) is 23.4. The van der Waals surface area contributed by atoms with Gasteiger partial charge in [-0.1, -0.05) is 29.9 Å². The minimum Gasteiger partial charge on any atom is -0.496 e. The molecule has 11 heteroatoms. The molecule has 7 N–H and O–H groups in total. The SMILES string of the molecule is COc1cccc(F)c1/C(N)=C(\C(=S)N1CCN(c2ccc([NH2+]O)cc2Cl)CC1)N(C)N. The zero-order valence-corrected chi connectivity index (χ0v) is 19.5. The van der Waals surface area contributed by atoms with Gasteiger partial charge >= 0.3 is 0 Å². The van der Waals surface area contributed by atoms with Gasteiger partial charge in [-0.3, -0.25) is 0 Å². The number of methoxy groups -OCH3 is 1. The fraction of sp³-hybridized carbons (Fsp3) is 0.286. The standard InChI is InChI=1S/C21H26ClFN6O2S/c1-27(25)20(19(24)18-15(23)4-3-5-17(18)31-2)21(32)29-10-8-28(9-11-29)16-7-6-13(26-30)12-14(16)22/h3-7,12,26,30H,8-11,24-25H2,1-2H3/p+1/b20-19-. The van der Waals surface area contributed by atoms with Crippen molar-refractivity contribution in [2.75, 3.05) is 45.2 Å². The van der Waals surface area contributed by atoms with Gasteiger partial charge in [-0.2, -0.15) is 5.48 Å². The van der Waals surface area contributed by atoms with Gasteiger partial charge in [0, 0.05) is 45.4 Å². The molecule has 2 aromatic carbocycles. The highest BCUT2D eigenvalue weighted by atomic mass is 35.5. The van der Waals surface area contributed by atoms with Crippen molar-refractivity contribution in [2.45, 2.75) is 0 Å². The summed E-state index contributed by atoms with van der Waals surface area (Å²) in [4.78, 5) is 4.55. The molecule has 0 aliphatic carbocycles. The Hall–Kier alpha value is -2.63. The number of benzene rings is 2. The number of hydrogen-bond donors (Lipinski definition) is 4. The van der Waals surface area contributed by atoms with Crippen LogP contribution in [0.2, 0.25) is 5.02 Å². The fourth-order valence-electron chi connectivity index (χ4n) is 3.67. The Balaban J connectivity index is 1.83. The van der Waals surface area contributed by atoms with Gasteiger partial charge < -0.3 is 25.3 Å². The molecular formula is C21H27ClFN6O2S+. The molecule has 0 saturated carbocycles. The van der Waals surface area contributed by atoms with E-state index >= 15 is 0 Å². The van der Waals surface area contributed by atoms with Crippen LogP contribution in [0.4, 0.5) is 15.8 Å². The van der Waals surface area contributed by atoms with Gasteiger partial charge in [-0.15, -0.1) is 0 Å². The molecule has 0 bridgehead atoms. The second kappa shape index (κ2) is 10.3. The van der Waals surface area contributed by atoms with Crippen LogP contribution in [0.5, 0.6) is 5.75 Å². The van der Waals surface area contributed by atoms with Crippen LogP contribution >= 0.6 is 23.8 Å². The van der Waals surface area contributed by atoms with Crippen molar-refractivity contribution in [2.24, 2.45) is 11.6 Å². The van der Waals surface area contributed by atoms with Crippen molar-refractivity contribution >= 4 is 45.9 Å². The number of thiocarbonyl (C=S) groups is 1. The van der Waals surface area contributed by atoms with E-state index < -0.39 is 5.82 Å². The lowest BCUT2D eigenvalue weighted by Crippen LogP contribution is -2.73. The van der Waals surface area contributed by atoms with E-state index in [1.807, 2.05) is 11.0 Å². The number of rotatable bonds is 6. The molecule has 3 rings (SSSR count). The van der Waals surface area contributed by atoms with Crippen LogP contribution in [0.1, 0.15) is 5.56 Å². The van der Waals surface area contributed by atoms with Gasteiger partial charge in [0.05, 0.1) is 29.1 Å². The Kier molecular flexibility index (Phi) is 7.75. The molecule has 172 valence electrons. The first-order chi connectivity index (χ1) is 15.3. The lowest BCUT2D eigenvalue weighted by Gasteiger charge is -2.39. The van der Waals surface area contributed by atoms with Gasteiger partial charge in [-0.25, -0.2) is 15.4 Å². The number of nitrogens with zero attached hydrogens (tertiary/aromatic N) is 3. The van der Waals surface area contributed by atoms with Crippen LogP contribution < -0.4 is 26.7 Å². The molecule has 0 unspecified atom stereocenters. The van der Waals surface area contributed by atoms with Crippen molar-refractivity contribution in [3.8, 4) is 5.75 Å². The molecule has 0 spiro atoms. The molecule has 0 atom stereocenters. The van der Waals surface area contributed by atoms with Crippen molar-refractivity contribution in [1.82, 2.24) is 9.91 Å². The maximum absolute atomic E-state index is 14.6. The number of anilines is 1. The van der Waals surface area contributed by atoms with Gasteiger partial charge in [0.25, 0.3) is 0 Å². The fourth-order valence-corrected chi connectivity index (χ4v) is 4.42. The second-order valence-electron chi connectivity index (χ2n) is 7.31. The summed E-state index contributed by atoms with van der Waals surface area (Å²) in [6, 6.07) is 9.87. The Morgan fingerprint density at radius 1 is 1.25 bits per heavy atom. The maximum atomic E-state index is 14.6. The first kappa shape index (κ1) is 24.0. The molecule has 2 aromatic rings. The maximum Gasteiger partial charge on any atom is 0.163 e. The molecular weight excluding hydrogens is 455 g/mol. The third kappa shape index (κ3) is 4.89. The van der Waals surface area contributed by atoms with Crippen molar-refractivity contribution in [3.63, 3.8) is 0 Å². The Bertz CT molecular complexity index is 1030. The van der Waals surface area contributed by atoms with Crippen LogP contribution in [-0.2, 0) is 0 Å². The number of hydrazine groups is 1. The average molecular weight is 482 g/mol. The highest BCUT2D eigenvalue weighted by Gasteiger charge is 2.27. The highest BCUT2D eigenvalue weighted by molar-refractivity contribution is 7.80. The lowest BCUT2D eigenvalue weighted by molar-refractivity contribution is -0.825. The second-order valence-corrected chi connectivity index (χ2v) is 8.10. The van der Waals surface area contributed by atoms with Crippen molar-refractivity contribution < 1.29 is 19.8 Å². The zero-order valence-electron chi connectivity index (χ0n) is 17.9. The van der Waals surface area contributed by atoms with Gasteiger partial charge in [0.15, 0.2) is 5.69 Å². The predicted molar refractivity (Wildman–Crippen MR) is 127 cm³/mol. The van der Waals surface area contributed by atoms with E-state index in [0.29, 0.717) is 53.3 Å². The van der Waals surface area contributed by atoms with Gasteiger partial charge in [-0.05, 0) is 18.2 Å². The first-order valence-electron chi connectivity index (χ1n) is 9.90. The summed E-state index contributed by atoms with van der Waals surface area (Å²) in [5.41, 5.74) is 9.47. The van der Waals surface area contributed by atoms with E-state index in [2.05, 4.69) is 4.90 Å². The van der Waals surface area contributed by atoms with E-state index in [1.165, 1.54) is 18.2 Å². The van der Waals surface area contributed by atoms with E-state index in [9.17, 15) is 4.39 Å². The third-order valence-corrected chi connectivity index (χ3v) is 6.06. The number of likely N-dealkylation sites (N-methyl/N-ethyl adjacent to an activating group) is 1. The number of halogens is 2. The van der Waals surface area contributed by atoms with E-state index in [0.717, 1.165) is 11.2 Å². The van der Waals surface area contributed by atoms with Crippen molar-refractivity contribution in [3.05, 3.63) is 58.5 Å². The monoisotopic (exact) mass is 481 g/mol. The summed E-state index contributed by atoms with van der Waals surface area (Å²) >= 11 is 12.1. The van der Waals surface area contributed by atoms with Gasteiger partial charge in [0.1, 0.15) is 22.3 Å². The molecule has 0 amide bonds.